The van der Waals surface area contributed by atoms with Gasteiger partial charge in [0.15, 0.2) is 5.69 Å². The molecule has 0 atom stereocenters. The first-order chi connectivity index (χ1) is 9.08. The Kier molecular flexibility index (Phi) is 3.96. The second-order valence-electron chi connectivity index (χ2n) is 3.66. The third-order valence-corrected chi connectivity index (χ3v) is 2.67. The lowest BCUT2D eigenvalue weighted by Crippen LogP contribution is -2.19. The predicted octanol–water partition coefficient (Wildman–Crippen LogP) is 1.97. The van der Waals surface area contributed by atoms with Crippen LogP contribution in [0.15, 0.2) is 34.8 Å². The second kappa shape index (κ2) is 5.66. The molecule has 2 aromatic rings. The van der Waals surface area contributed by atoms with E-state index in [1.807, 2.05) is 0 Å². The molecule has 3 N–H and O–H groups in total. The Labute approximate surface area is 118 Å². The summed E-state index contributed by atoms with van der Waals surface area (Å²) in [4.78, 5) is 11.3. The highest BCUT2D eigenvalue weighted by molar-refractivity contribution is 9.10. The van der Waals surface area contributed by atoms with Gasteiger partial charge in [0.05, 0.1) is 0 Å². The summed E-state index contributed by atoms with van der Waals surface area (Å²) in [5, 5.41) is 10.0. The number of amides is 1. The van der Waals surface area contributed by atoms with Crippen molar-refractivity contribution in [1.29, 1.82) is 0 Å². The van der Waals surface area contributed by atoms with Gasteiger partial charge in [-0.25, -0.2) is 0 Å². The molecular formula is C12H11BrN4O2. The molecule has 0 aliphatic heterocycles. The first-order valence-electron chi connectivity index (χ1n) is 5.38. The number of nitrogens with one attached hydrogen (secondary N) is 1. The maximum absolute atomic E-state index is 11.3. The van der Waals surface area contributed by atoms with Crippen LogP contribution in [0.2, 0.25) is 0 Å². The standard InChI is InChI=1S/C12H11BrN4O2/c1-15-12(18)10-2-3-11(17-16-10)19-9-5-7(13)4-8(14)6-9/h2-6H,14H2,1H3,(H,15,18). The Morgan fingerprint density at radius 2 is 2.11 bits per heavy atom. The van der Waals surface area contributed by atoms with Gasteiger partial charge in [-0.05, 0) is 18.2 Å². The van der Waals surface area contributed by atoms with E-state index in [4.69, 9.17) is 10.5 Å². The molecule has 0 aliphatic carbocycles. The molecule has 0 saturated carbocycles. The first-order valence-corrected chi connectivity index (χ1v) is 6.17. The normalized spacial score (nSPS) is 10.0. The SMILES string of the molecule is CNC(=O)c1ccc(Oc2cc(N)cc(Br)c2)nn1. The van der Waals surface area contributed by atoms with Crippen molar-refractivity contribution in [1.82, 2.24) is 15.5 Å². The predicted molar refractivity (Wildman–Crippen MR) is 74.1 cm³/mol. The van der Waals surface area contributed by atoms with E-state index >= 15 is 0 Å². The van der Waals surface area contributed by atoms with E-state index in [0.29, 0.717) is 11.4 Å². The number of benzene rings is 1. The smallest absolute Gasteiger partial charge is 0.271 e. The number of nitrogens with zero attached hydrogens (tertiary/aromatic N) is 2. The average molecular weight is 323 g/mol. The van der Waals surface area contributed by atoms with E-state index in [1.165, 1.54) is 13.1 Å². The molecule has 1 aromatic carbocycles. The van der Waals surface area contributed by atoms with Gasteiger partial charge in [0, 0.05) is 29.3 Å². The van der Waals surface area contributed by atoms with Gasteiger partial charge in [-0.3, -0.25) is 4.79 Å². The summed E-state index contributed by atoms with van der Waals surface area (Å²) in [7, 11) is 1.53. The third-order valence-electron chi connectivity index (χ3n) is 2.22. The molecule has 6 nitrogen and oxygen atoms in total. The van der Waals surface area contributed by atoms with Crippen molar-refractivity contribution in [3.8, 4) is 11.6 Å². The lowest BCUT2D eigenvalue weighted by Gasteiger charge is -2.06. The van der Waals surface area contributed by atoms with Crippen LogP contribution in [0.3, 0.4) is 0 Å². The minimum Gasteiger partial charge on any atom is -0.437 e. The van der Waals surface area contributed by atoms with E-state index < -0.39 is 0 Å². The molecule has 2 rings (SSSR count). The minimum absolute atomic E-state index is 0.226. The fourth-order valence-electron chi connectivity index (χ4n) is 1.39. The number of ether oxygens (including phenoxy) is 1. The number of hydrogen-bond acceptors (Lipinski definition) is 5. The van der Waals surface area contributed by atoms with Gasteiger partial charge < -0.3 is 15.8 Å². The van der Waals surface area contributed by atoms with Crippen LogP contribution in [0.1, 0.15) is 10.5 Å². The van der Waals surface area contributed by atoms with Gasteiger partial charge in [0.1, 0.15) is 5.75 Å². The van der Waals surface area contributed by atoms with Crippen molar-refractivity contribution in [2.45, 2.75) is 0 Å². The molecule has 1 heterocycles. The van der Waals surface area contributed by atoms with Crippen molar-refractivity contribution in [3.63, 3.8) is 0 Å². The maximum Gasteiger partial charge on any atom is 0.271 e. The highest BCUT2D eigenvalue weighted by atomic mass is 79.9. The molecule has 0 saturated heterocycles. The Hall–Kier alpha value is -2.15. The summed E-state index contributed by atoms with van der Waals surface area (Å²) in [5.41, 5.74) is 6.49. The number of anilines is 1. The number of nitrogen functional groups attached to an aromatic ring is 1. The number of nitrogens with two attached hydrogens (primary N) is 1. The Morgan fingerprint density at radius 1 is 1.32 bits per heavy atom. The fourth-order valence-corrected chi connectivity index (χ4v) is 1.88. The number of aromatic nitrogens is 2. The molecular weight excluding hydrogens is 312 g/mol. The van der Waals surface area contributed by atoms with E-state index in [9.17, 15) is 4.79 Å². The number of carbonyl (C=O) groups is 1. The van der Waals surface area contributed by atoms with Crippen LogP contribution in [-0.2, 0) is 0 Å². The Morgan fingerprint density at radius 3 is 2.68 bits per heavy atom. The van der Waals surface area contributed by atoms with Crippen molar-refractivity contribution < 1.29 is 9.53 Å². The largest absolute Gasteiger partial charge is 0.437 e. The molecule has 0 radical (unpaired) electrons. The van der Waals surface area contributed by atoms with Crippen molar-refractivity contribution >= 4 is 27.5 Å². The van der Waals surface area contributed by atoms with Crippen LogP contribution in [0.5, 0.6) is 11.6 Å². The molecule has 98 valence electrons. The molecule has 0 fully saturated rings. The minimum atomic E-state index is -0.300. The highest BCUT2D eigenvalue weighted by Crippen LogP contribution is 2.26. The van der Waals surface area contributed by atoms with Gasteiger partial charge in [-0.15, -0.1) is 10.2 Å². The monoisotopic (exact) mass is 322 g/mol. The lowest BCUT2D eigenvalue weighted by molar-refractivity contribution is 0.0957. The van der Waals surface area contributed by atoms with Crippen LogP contribution >= 0.6 is 15.9 Å². The molecule has 0 aliphatic rings. The van der Waals surface area contributed by atoms with Gasteiger partial charge >= 0.3 is 0 Å². The molecule has 19 heavy (non-hydrogen) atoms. The quantitative estimate of drug-likeness (QED) is 0.843. The Balaban J connectivity index is 2.17. The molecule has 7 heteroatoms. The van der Waals surface area contributed by atoms with Crippen molar-refractivity contribution in [2.24, 2.45) is 0 Å². The van der Waals surface area contributed by atoms with Crippen LogP contribution < -0.4 is 15.8 Å². The summed E-state index contributed by atoms with van der Waals surface area (Å²) in [6, 6.07) is 8.27. The van der Waals surface area contributed by atoms with E-state index in [1.54, 1.807) is 24.3 Å². The molecule has 0 spiro atoms. The summed E-state index contributed by atoms with van der Waals surface area (Å²) in [5.74, 6) is 0.518. The topological polar surface area (TPSA) is 90.1 Å². The van der Waals surface area contributed by atoms with E-state index in [-0.39, 0.29) is 17.5 Å². The van der Waals surface area contributed by atoms with E-state index in [2.05, 4.69) is 31.4 Å². The number of carbonyl (C=O) groups excluding carboxylic acids is 1. The third kappa shape index (κ3) is 3.41. The van der Waals surface area contributed by atoms with Crippen LogP contribution in [0.25, 0.3) is 0 Å². The number of hydrogen-bond donors (Lipinski definition) is 2. The van der Waals surface area contributed by atoms with Gasteiger partial charge in [-0.2, -0.15) is 0 Å². The maximum atomic E-state index is 11.3. The average Bonchev–Trinajstić information content (AvgIpc) is 2.37. The fraction of sp³-hybridized carbons (Fsp3) is 0.0833. The summed E-state index contributed by atoms with van der Waals surface area (Å²) >= 11 is 3.32. The van der Waals surface area contributed by atoms with E-state index in [0.717, 1.165) is 4.47 Å². The summed E-state index contributed by atoms with van der Waals surface area (Å²) in [6.07, 6.45) is 0. The number of rotatable bonds is 3. The zero-order valence-electron chi connectivity index (χ0n) is 10.1. The lowest BCUT2D eigenvalue weighted by atomic mass is 10.3. The van der Waals surface area contributed by atoms with Crippen LogP contribution in [-0.4, -0.2) is 23.2 Å². The first kappa shape index (κ1) is 13.3. The molecule has 0 unspecified atom stereocenters. The molecule has 1 amide bonds. The molecule has 0 bridgehead atoms. The van der Waals surface area contributed by atoms with Crippen molar-refractivity contribution in [2.75, 3.05) is 12.8 Å². The summed E-state index contributed by atoms with van der Waals surface area (Å²) < 4.78 is 6.30. The van der Waals surface area contributed by atoms with Gasteiger partial charge in [-0.1, -0.05) is 15.9 Å². The highest BCUT2D eigenvalue weighted by Gasteiger charge is 2.07. The second-order valence-corrected chi connectivity index (χ2v) is 4.57. The molecule has 1 aromatic heterocycles. The Bertz CT molecular complexity index is 581. The van der Waals surface area contributed by atoms with Gasteiger partial charge in [0.2, 0.25) is 5.88 Å². The van der Waals surface area contributed by atoms with Crippen LogP contribution in [0.4, 0.5) is 5.69 Å². The number of halogens is 1. The zero-order valence-corrected chi connectivity index (χ0v) is 11.6. The summed E-state index contributed by atoms with van der Waals surface area (Å²) in [6.45, 7) is 0. The van der Waals surface area contributed by atoms with Crippen LogP contribution in [0, 0.1) is 0 Å². The van der Waals surface area contributed by atoms with Gasteiger partial charge in [0.25, 0.3) is 5.91 Å². The zero-order chi connectivity index (χ0) is 13.8. The van der Waals surface area contributed by atoms with Crippen molar-refractivity contribution in [3.05, 3.63) is 40.5 Å².